The highest BCUT2D eigenvalue weighted by Gasteiger charge is 2.60. The second kappa shape index (κ2) is 11.2. The monoisotopic (exact) mass is 667 g/mol. The zero-order chi connectivity index (χ0) is 34.0. The Balaban J connectivity index is 1.24. The summed E-state index contributed by atoms with van der Waals surface area (Å²) in [4.78, 5) is 17.0. The van der Waals surface area contributed by atoms with Crippen molar-refractivity contribution in [3.8, 4) is 23.5 Å². The lowest BCUT2D eigenvalue weighted by atomic mass is 9.94. The molecule has 46 heavy (non-hydrogen) atoms. The maximum atomic E-state index is 13.6. The number of benzene rings is 1. The summed E-state index contributed by atoms with van der Waals surface area (Å²) in [5, 5.41) is 31.6. The van der Waals surface area contributed by atoms with Gasteiger partial charge in [-0.05, 0) is 32.0 Å². The van der Waals surface area contributed by atoms with Crippen LogP contribution in [0, 0.1) is 11.3 Å². The number of ether oxygens (including phenoxy) is 2. The van der Waals surface area contributed by atoms with Crippen molar-refractivity contribution < 1.29 is 59.6 Å². The number of morpholine rings is 1. The lowest BCUT2D eigenvalue weighted by Gasteiger charge is -2.44. The van der Waals surface area contributed by atoms with Gasteiger partial charge in [0.15, 0.2) is 6.61 Å². The summed E-state index contributed by atoms with van der Waals surface area (Å²) < 4.78 is 115. The molecule has 2 atom stereocenters. The van der Waals surface area contributed by atoms with E-state index in [2.05, 4.69) is 4.74 Å². The van der Waals surface area contributed by atoms with Gasteiger partial charge >= 0.3 is 24.4 Å². The summed E-state index contributed by atoms with van der Waals surface area (Å²) in [6.07, 6.45) is -12.0. The highest BCUT2D eigenvalue weighted by molar-refractivity contribution is 5.67. The summed E-state index contributed by atoms with van der Waals surface area (Å²) in [5.41, 5.74) is -3.94. The predicted molar refractivity (Wildman–Crippen MR) is 141 cm³/mol. The number of fused-ring (bicyclic) bond motifs is 5. The number of aromatic hydroxyl groups is 2. The standard InChI is InChI=1S/C28H29F8N5O5/c1-24-13-39(6-5-38-7-9-40(10-8-38)23(44)45-15-26(29,30)28(34,35)36)14-25(2,46-24)20-19(24)21(42)41(22(20)43)17-4-3-16(12-37)18(11-17)27(31,32)33/h3-4,11,42-43H,5-10,13-15H2,1-2H3. The Labute approximate surface area is 256 Å². The quantitative estimate of drug-likeness (QED) is 0.433. The fraction of sp³-hybridized carbons (Fsp3) is 0.571. The van der Waals surface area contributed by atoms with Gasteiger partial charge in [-0.15, -0.1) is 0 Å². The number of halogens is 8. The van der Waals surface area contributed by atoms with Crippen LogP contribution in [0.4, 0.5) is 39.9 Å². The van der Waals surface area contributed by atoms with E-state index in [1.54, 1.807) is 13.8 Å². The van der Waals surface area contributed by atoms with Crippen LogP contribution in [0.3, 0.4) is 0 Å². The van der Waals surface area contributed by atoms with E-state index in [0.29, 0.717) is 32.2 Å². The maximum Gasteiger partial charge on any atom is 0.456 e. The van der Waals surface area contributed by atoms with E-state index in [1.807, 2.05) is 9.80 Å². The minimum Gasteiger partial charge on any atom is -0.494 e. The summed E-state index contributed by atoms with van der Waals surface area (Å²) in [5.74, 6) is -6.17. The number of rotatable bonds is 6. The molecule has 2 bridgehead atoms. The number of nitrogens with zero attached hydrogens (tertiary/aromatic N) is 5. The molecule has 0 aliphatic carbocycles. The van der Waals surface area contributed by atoms with Gasteiger partial charge in [-0.1, -0.05) is 0 Å². The Bertz CT molecular complexity index is 1520. The van der Waals surface area contributed by atoms with Gasteiger partial charge in [-0.2, -0.15) is 40.4 Å². The molecule has 2 aromatic rings. The normalized spacial score (nSPS) is 24.2. The van der Waals surface area contributed by atoms with Gasteiger partial charge in [-0.25, -0.2) is 4.79 Å². The van der Waals surface area contributed by atoms with Gasteiger partial charge in [0.1, 0.15) is 11.2 Å². The molecule has 0 saturated carbocycles. The Hall–Kier alpha value is -3.82. The van der Waals surface area contributed by atoms with Crippen LogP contribution in [0.5, 0.6) is 11.8 Å². The number of nitriles is 1. The molecule has 3 aliphatic rings. The van der Waals surface area contributed by atoms with E-state index in [9.17, 15) is 50.1 Å². The topological polar surface area (TPSA) is 114 Å². The maximum absolute atomic E-state index is 13.6. The van der Waals surface area contributed by atoms with E-state index in [4.69, 9.17) is 10.00 Å². The molecule has 2 unspecified atom stereocenters. The Morgan fingerprint density at radius 3 is 1.98 bits per heavy atom. The van der Waals surface area contributed by atoms with Crippen molar-refractivity contribution in [1.29, 1.82) is 5.26 Å². The molecule has 0 spiro atoms. The van der Waals surface area contributed by atoms with Crippen LogP contribution in [-0.4, -0.2) is 107 Å². The summed E-state index contributed by atoms with van der Waals surface area (Å²) in [6, 6.07) is 4.31. The van der Waals surface area contributed by atoms with Gasteiger partial charge in [-0.3, -0.25) is 14.4 Å². The van der Waals surface area contributed by atoms with Crippen LogP contribution >= 0.6 is 0 Å². The molecule has 1 aromatic carbocycles. The first-order valence-corrected chi connectivity index (χ1v) is 14.0. The van der Waals surface area contributed by atoms with Gasteiger partial charge < -0.3 is 24.6 Å². The van der Waals surface area contributed by atoms with Gasteiger partial charge in [0.05, 0.1) is 34.0 Å². The molecule has 1 amide bonds. The Kier molecular flexibility index (Phi) is 8.14. The van der Waals surface area contributed by atoms with Crippen LogP contribution in [0.15, 0.2) is 18.2 Å². The molecule has 2 N–H and O–H groups in total. The molecule has 1 aromatic heterocycles. The summed E-state index contributed by atoms with van der Waals surface area (Å²) in [7, 11) is 0. The zero-order valence-electron chi connectivity index (χ0n) is 24.5. The van der Waals surface area contributed by atoms with Crippen LogP contribution in [0.2, 0.25) is 0 Å². The molecular formula is C28H29F8N5O5. The average molecular weight is 668 g/mol. The molecule has 0 radical (unpaired) electrons. The molecule has 18 heteroatoms. The Morgan fingerprint density at radius 1 is 0.935 bits per heavy atom. The molecule has 2 fully saturated rings. The van der Waals surface area contributed by atoms with Gasteiger partial charge in [0.2, 0.25) is 11.8 Å². The van der Waals surface area contributed by atoms with E-state index < -0.39 is 65.1 Å². The molecule has 3 aliphatic heterocycles. The number of alkyl halides is 8. The summed E-state index contributed by atoms with van der Waals surface area (Å²) >= 11 is 0. The molecule has 5 rings (SSSR count). The summed E-state index contributed by atoms with van der Waals surface area (Å²) in [6.45, 7) is 3.29. The zero-order valence-corrected chi connectivity index (χ0v) is 24.5. The van der Waals surface area contributed by atoms with Crippen LogP contribution in [0.1, 0.15) is 36.1 Å². The fourth-order valence-electron chi connectivity index (χ4n) is 6.45. The number of amides is 1. The van der Waals surface area contributed by atoms with Crippen molar-refractivity contribution in [1.82, 2.24) is 19.3 Å². The molecule has 4 heterocycles. The van der Waals surface area contributed by atoms with Crippen molar-refractivity contribution in [2.75, 3.05) is 59.0 Å². The second-order valence-corrected chi connectivity index (χ2v) is 11.9. The first-order valence-electron chi connectivity index (χ1n) is 14.0. The van der Waals surface area contributed by atoms with Crippen molar-refractivity contribution in [3.63, 3.8) is 0 Å². The van der Waals surface area contributed by atoms with E-state index in [1.165, 1.54) is 12.1 Å². The number of hydrogen-bond acceptors (Lipinski definition) is 8. The SMILES string of the molecule is CC12CN(CCN3CCN(C(=O)OCC(F)(F)C(F)(F)F)CC3)CC(C)(O1)c1c2c(O)n(-c2ccc(C#N)c(C(F)(F)F)c2)c1O. The smallest absolute Gasteiger partial charge is 0.456 e. The van der Waals surface area contributed by atoms with Crippen molar-refractivity contribution in [3.05, 3.63) is 40.5 Å². The molecule has 2 saturated heterocycles. The van der Waals surface area contributed by atoms with Gasteiger partial charge in [0.25, 0.3) is 0 Å². The van der Waals surface area contributed by atoms with Crippen molar-refractivity contribution in [2.24, 2.45) is 0 Å². The van der Waals surface area contributed by atoms with Crippen LogP contribution in [0.25, 0.3) is 5.69 Å². The number of piperazine rings is 1. The van der Waals surface area contributed by atoms with Crippen molar-refractivity contribution in [2.45, 2.75) is 43.3 Å². The average Bonchev–Trinajstić information content (AvgIpc) is 3.33. The minimum absolute atomic E-state index is 0.0394. The van der Waals surface area contributed by atoms with Gasteiger partial charge in [0, 0.05) is 52.4 Å². The number of carbonyl (C=O) groups excluding carboxylic acids is 1. The highest BCUT2D eigenvalue weighted by Crippen LogP contribution is 2.59. The van der Waals surface area contributed by atoms with Crippen LogP contribution in [-0.2, 0) is 26.9 Å². The third-order valence-electron chi connectivity index (χ3n) is 8.52. The number of aromatic nitrogens is 1. The lowest BCUT2D eigenvalue weighted by molar-refractivity contribution is -0.292. The third-order valence-corrected chi connectivity index (χ3v) is 8.52. The minimum atomic E-state index is -5.84. The third kappa shape index (κ3) is 5.79. The first kappa shape index (κ1) is 33.5. The lowest BCUT2D eigenvalue weighted by Crippen LogP contribution is -2.55. The first-order chi connectivity index (χ1) is 21.2. The van der Waals surface area contributed by atoms with Crippen LogP contribution < -0.4 is 0 Å². The highest BCUT2D eigenvalue weighted by atomic mass is 19.4. The molecular weight excluding hydrogens is 638 g/mol. The Morgan fingerprint density at radius 2 is 1.48 bits per heavy atom. The van der Waals surface area contributed by atoms with E-state index >= 15 is 0 Å². The second-order valence-electron chi connectivity index (χ2n) is 11.9. The predicted octanol–water partition coefficient (Wildman–Crippen LogP) is 4.51. The van der Waals surface area contributed by atoms with E-state index in [0.717, 1.165) is 15.5 Å². The number of carbonyl (C=O) groups is 1. The van der Waals surface area contributed by atoms with E-state index in [-0.39, 0.29) is 43.0 Å². The molecule has 10 nitrogen and oxygen atoms in total. The fourth-order valence-corrected chi connectivity index (χ4v) is 6.45. The largest absolute Gasteiger partial charge is 0.494 e. The van der Waals surface area contributed by atoms with Crippen molar-refractivity contribution >= 4 is 6.09 Å². The molecule has 252 valence electrons. The number of hydrogen-bond donors (Lipinski definition) is 2.